The van der Waals surface area contributed by atoms with Gasteiger partial charge in [-0.3, -0.25) is 4.79 Å². The van der Waals surface area contributed by atoms with Gasteiger partial charge >= 0.3 is 5.97 Å². The molecule has 0 bridgehead atoms. The van der Waals surface area contributed by atoms with Crippen LogP contribution in [0.15, 0.2) is 24.3 Å². The largest absolute Gasteiger partial charge is 0.481 e. The summed E-state index contributed by atoms with van der Waals surface area (Å²) in [4.78, 5) is 12.7. The van der Waals surface area contributed by atoms with E-state index in [9.17, 15) is 4.79 Å². The molecule has 0 radical (unpaired) electrons. The van der Waals surface area contributed by atoms with Crippen LogP contribution in [-0.4, -0.2) is 30.1 Å². The first-order valence-electron chi connectivity index (χ1n) is 5.95. The summed E-state index contributed by atoms with van der Waals surface area (Å²) in [7, 11) is 4.07. The second-order valence-electron chi connectivity index (χ2n) is 4.68. The number of hydrogen-bond acceptors (Lipinski definition) is 2. The van der Waals surface area contributed by atoms with E-state index in [0.717, 1.165) is 6.42 Å². The lowest BCUT2D eigenvalue weighted by atomic mass is 9.98. The van der Waals surface area contributed by atoms with Crippen LogP contribution in [0.5, 0.6) is 0 Å². The monoisotopic (exact) mass is 235 g/mol. The van der Waals surface area contributed by atoms with Crippen molar-refractivity contribution in [3.05, 3.63) is 35.4 Å². The van der Waals surface area contributed by atoms with E-state index in [1.807, 2.05) is 14.1 Å². The molecule has 0 aliphatic rings. The fourth-order valence-electron chi connectivity index (χ4n) is 2.05. The van der Waals surface area contributed by atoms with E-state index < -0.39 is 5.97 Å². The van der Waals surface area contributed by atoms with Gasteiger partial charge in [-0.05, 0) is 39.4 Å². The van der Waals surface area contributed by atoms with E-state index in [2.05, 4.69) is 36.1 Å². The lowest BCUT2D eigenvalue weighted by Gasteiger charge is -2.25. The van der Waals surface area contributed by atoms with Crippen LogP contribution in [0.2, 0.25) is 0 Å². The number of nitrogens with zero attached hydrogens (tertiary/aromatic N) is 1. The van der Waals surface area contributed by atoms with Gasteiger partial charge < -0.3 is 10.0 Å². The first kappa shape index (κ1) is 13.7. The molecule has 0 aliphatic carbocycles. The minimum Gasteiger partial charge on any atom is -0.481 e. The molecular formula is C14H21NO2. The number of aliphatic carboxylic acids is 1. The Bertz CT molecular complexity index is 374. The first-order chi connectivity index (χ1) is 8.00. The van der Waals surface area contributed by atoms with Crippen molar-refractivity contribution in [1.82, 2.24) is 4.90 Å². The van der Waals surface area contributed by atoms with E-state index in [-0.39, 0.29) is 6.42 Å². The van der Waals surface area contributed by atoms with Crippen molar-refractivity contribution in [3.8, 4) is 0 Å². The molecule has 0 saturated carbocycles. The van der Waals surface area contributed by atoms with Gasteiger partial charge in [0.2, 0.25) is 0 Å². The van der Waals surface area contributed by atoms with Crippen molar-refractivity contribution < 1.29 is 9.90 Å². The smallest absolute Gasteiger partial charge is 0.303 e. The van der Waals surface area contributed by atoms with Crippen molar-refractivity contribution in [2.24, 2.45) is 0 Å². The van der Waals surface area contributed by atoms with Gasteiger partial charge in [-0.25, -0.2) is 0 Å². The molecule has 0 fully saturated rings. The summed E-state index contributed by atoms with van der Waals surface area (Å²) >= 11 is 0. The molecule has 94 valence electrons. The summed E-state index contributed by atoms with van der Waals surface area (Å²) in [6.45, 7) is 2.08. The minimum atomic E-state index is -0.716. The Kier molecular flexibility index (Phi) is 5.16. The fraction of sp³-hybridized carbons (Fsp3) is 0.500. The Morgan fingerprint density at radius 1 is 1.41 bits per heavy atom. The number of carboxylic acids is 1. The molecule has 1 N–H and O–H groups in total. The molecule has 0 heterocycles. The Hall–Kier alpha value is -1.35. The number of rotatable bonds is 6. The van der Waals surface area contributed by atoms with Crippen molar-refractivity contribution >= 4 is 5.97 Å². The highest BCUT2D eigenvalue weighted by atomic mass is 16.4. The number of aryl methyl sites for hydroxylation is 1. The normalized spacial score (nSPS) is 12.7. The minimum absolute atomic E-state index is 0.246. The van der Waals surface area contributed by atoms with Crippen LogP contribution in [-0.2, 0) is 4.79 Å². The Balaban J connectivity index is 2.69. The van der Waals surface area contributed by atoms with Crippen LogP contribution < -0.4 is 0 Å². The third-order valence-corrected chi connectivity index (χ3v) is 2.92. The molecule has 0 saturated heterocycles. The van der Waals surface area contributed by atoms with Gasteiger partial charge in [0.25, 0.3) is 0 Å². The zero-order chi connectivity index (χ0) is 12.8. The first-order valence-corrected chi connectivity index (χ1v) is 5.95. The zero-order valence-electron chi connectivity index (χ0n) is 10.8. The van der Waals surface area contributed by atoms with Gasteiger partial charge in [-0.1, -0.05) is 29.8 Å². The maximum atomic E-state index is 10.5. The van der Waals surface area contributed by atoms with E-state index in [1.54, 1.807) is 0 Å². The Labute approximate surface area is 103 Å². The molecule has 1 aromatic carbocycles. The molecule has 0 aromatic heterocycles. The summed E-state index contributed by atoms with van der Waals surface area (Å²) in [5.74, 6) is -0.716. The predicted molar refractivity (Wildman–Crippen MR) is 69.1 cm³/mol. The quantitative estimate of drug-likeness (QED) is 0.824. The van der Waals surface area contributed by atoms with Gasteiger partial charge in [0.05, 0.1) is 0 Å². The standard InChI is InChI=1S/C14H21NO2/c1-11-6-4-7-12(10-11)13(15(2)3)8-5-9-14(16)17/h4,6-7,10,13H,5,8-9H2,1-3H3,(H,16,17). The molecule has 3 nitrogen and oxygen atoms in total. The Morgan fingerprint density at radius 2 is 2.12 bits per heavy atom. The highest BCUT2D eigenvalue weighted by molar-refractivity contribution is 5.66. The van der Waals surface area contributed by atoms with Gasteiger partial charge in [-0.2, -0.15) is 0 Å². The third kappa shape index (κ3) is 4.57. The summed E-state index contributed by atoms with van der Waals surface area (Å²) in [6, 6.07) is 8.71. The van der Waals surface area contributed by atoms with Gasteiger partial charge in [0.15, 0.2) is 0 Å². The van der Waals surface area contributed by atoms with E-state index in [0.29, 0.717) is 12.5 Å². The number of hydrogen-bond donors (Lipinski definition) is 1. The molecule has 1 rings (SSSR count). The van der Waals surface area contributed by atoms with Crippen LogP contribution in [0.25, 0.3) is 0 Å². The maximum Gasteiger partial charge on any atom is 0.303 e. The van der Waals surface area contributed by atoms with Gasteiger partial charge in [-0.15, -0.1) is 0 Å². The van der Waals surface area contributed by atoms with Crippen LogP contribution in [0.3, 0.4) is 0 Å². The molecule has 0 aliphatic heterocycles. The fourth-order valence-corrected chi connectivity index (χ4v) is 2.05. The number of benzene rings is 1. The van der Waals surface area contributed by atoms with Gasteiger partial charge in [0, 0.05) is 12.5 Å². The molecule has 0 spiro atoms. The second kappa shape index (κ2) is 6.40. The lowest BCUT2D eigenvalue weighted by Crippen LogP contribution is -2.20. The summed E-state index contributed by atoms with van der Waals surface area (Å²) in [6.07, 6.45) is 1.84. The second-order valence-corrected chi connectivity index (χ2v) is 4.68. The molecule has 1 aromatic rings. The summed E-state index contributed by atoms with van der Waals surface area (Å²) < 4.78 is 0. The number of carbonyl (C=O) groups is 1. The molecular weight excluding hydrogens is 214 g/mol. The SMILES string of the molecule is Cc1cccc(C(CCCC(=O)O)N(C)C)c1. The summed E-state index contributed by atoms with van der Waals surface area (Å²) in [5, 5.41) is 8.67. The van der Waals surface area contributed by atoms with Crippen molar-refractivity contribution in [2.75, 3.05) is 14.1 Å². The lowest BCUT2D eigenvalue weighted by molar-refractivity contribution is -0.137. The van der Waals surface area contributed by atoms with Gasteiger partial charge in [0.1, 0.15) is 0 Å². The predicted octanol–water partition coefficient (Wildman–Crippen LogP) is 2.85. The highest BCUT2D eigenvalue weighted by Crippen LogP contribution is 2.24. The van der Waals surface area contributed by atoms with E-state index in [1.165, 1.54) is 11.1 Å². The van der Waals surface area contributed by atoms with E-state index in [4.69, 9.17) is 5.11 Å². The highest BCUT2D eigenvalue weighted by Gasteiger charge is 2.14. The van der Waals surface area contributed by atoms with Crippen LogP contribution in [0, 0.1) is 6.92 Å². The van der Waals surface area contributed by atoms with Crippen molar-refractivity contribution in [3.63, 3.8) is 0 Å². The maximum absolute atomic E-state index is 10.5. The van der Waals surface area contributed by atoms with Crippen LogP contribution in [0.1, 0.15) is 36.4 Å². The van der Waals surface area contributed by atoms with Crippen LogP contribution in [0.4, 0.5) is 0 Å². The van der Waals surface area contributed by atoms with Crippen LogP contribution >= 0.6 is 0 Å². The molecule has 17 heavy (non-hydrogen) atoms. The molecule has 1 unspecified atom stereocenters. The summed E-state index contributed by atoms with van der Waals surface area (Å²) in [5.41, 5.74) is 2.51. The molecule has 0 amide bonds. The average molecular weight is 235 g/mol. The van der Waals surface area contributed by atoms with Crippen molar-refractivity contribution in [1.29, 1.82) is 0 Å². The van der Waals surface area contributed by atoms with Crippen molar-refractivity contribution in [2.45, 2.75) is 32.2 Å². The van der Waals surface area contributed by atoms with E-state index >= 15 is 0 Å². The number of carboxylic acid groups (broad SMARTS) is 1. The third-order valence-electron chi connectivity index (χ3n) is 2.92. The topological polar surface area (TPSA) is 40.5 Å². The molecule has 1 atom stereocenters. The Morgan fingerprint density at radius 3 is 2.65 bits per heavy atom. The zero-order valence-corrected chi connectivity index (χ0v) is 10.8. The average Bonchev–Trinajstić information content (AvgIpc) is 2.23. The molecule has 3 heteroatoms.